The third-order valence-electron chi connectivity index (χ3n) is 4.35. The predicted molar refractivity (Wildman–Crippen MR) is 95.1 cm³/mol. The molecule has 1 heterocycles. The maximum absolute atomic E-state index is 12.7. The zero-order valence-corrected chi connectivity index (χ0v) is 13.9. The van der Waals surface area contributed by atoms with Gasteiger partial charge in [-0.15, -0.1) is 0 Å². The normalized spacial score (nSPS) is 17.4. The SMILES string of the molecule is C[C@H]1CCCN(C(=O)c2cccc(NC(=O)c3ccccc3)c2)C1. The van der Waals surface area contributed by atoms with E-state index in [0.717, 1.165) is 19.5 Å². The highest BCUT2D eigenvalue weighted by Gasteiger charge is 2.22. The third kappa shape index (κ3) is 3.82. The van der Waals surface area contributed by atoms with Crippen LogP contribution in [0.4, 0.5) is 5.69 Å². The van der Waals surface area contributed by atoms with Crippen molar-refractivity contribution in [1.82, 2.24) is 4.90 Å². The summed E-state index contributed by atoms with van der Waals surface area (Å²) in [6, 6.07) is 16.2. The second-order valence-corrected chi connectivity index (χ2v) is 6.40. The number of carbonyl (C=O) groups excluding carboxylic acids is 2. The van der Waals surface area contributed by atoms with Gasteiger partial charge in [-0.05, 0) is 49.1 Å². The van der Waals surface area contributed by atoms with Gasteiger partial charge in [0.1, 0.15) is 0 Å². The van der Waals surface area contributed by atoms with Crippen molar-refractivity contribution < 1.29 is 9.59 Å². The van der Waals surface area contributed by atoms with Crippen molar-refractivity contribution in [2.24, 2.45) is 5.92 Å². The molecule has 4 heteroatoms. The molecule has 0 aromatic heterocycles. The van der Waals surface area contributed by atoms with E-state index in [2.05, 4.69) is 12.2 Å². The molecule has 0 spiro atoms. The lowest BCUT2D eigenvalue weighted by Crippen LogP contribution is -2.39. The minimum atomic E-state index is -0.174. The van der Waals surface area contributed by atoms with E-state index < -0.39 is 0 Å². The first-order valence-electron chi connectivity index (χ1n) is 8.39. The lowest BCUT2D eigenvalue weighted by Gasteiger charge is -2.31. The molecule has 0 bridgehead atoms. The number of nitrogens with zero attached hydrogens (tertiary/aromatic N) is 1. The number of hydrogen-bond acceptors (Lipinski definition) is 2. The van der Waals surface area contributed by atoms with Gasteiger partial charge in [-0.3, -0.25) is 9.59 Å². The van der Waals surface area contributed by atoms with E-state index in [0.29, 0.717) is 22.7 Å². The molecule has 0 saturated carbocycles. The monoisotopic (exact) mass is 322 g/mol. The molecular formula is C20H22N2O2. The minimum absolute atomic E-state index is 0.0392. The Kier molecular flexibility index (Phi) is 4.94. The number of amides is 2. The van der Waals surface area contributed by atoms with Crippen molar-refractivity contribution in [2.75, 3.05) is 18.4 Å². The summed E-state index contributed by atoms with van der Waals surface area (Å²) in [6.45, 7) is 3.79. The van der Waals surface area contributed by atoms with E-state index in [1.165, 1.54) is 6.42 Å². The predicted octanol–water partition coefficient (Wildman–Crippen LogP) is 3.81. The van der Waals surface area contributed by atoms with Crippen LogP contribution in [-0.4, -0.2) is 29.8 Å². The Hall–Kier alpha value is -2.62. The quantitative estimate of drug-likeness (QED) is 0.934. The van der Waals surface area contributed by atoms with Gasteiger partial charge in [0.2, 0.25) is 0 Å². The van der Waals surface area contributed by atoms with E-state index in [1.807, 2.05) is 23.1 Å². The fourth-order valence-corrected chi connectivity index (χ4v) is 3.08. The van der Waals surface area contributed by atoms with Gasteiger partial charge in [0.25, 0.3) is 11.8 Å². The van der Waals surface area contributed by atoms with Crippen LogP contribution >= 0.6 is 0 Å². The zero-order chi connectivity index (χ0) is 16.9. The maximum atomic E-state index is 12.7. The second kappa shape index (κ2) is 7.30. The molecule has 1 aliphatic heterocycles. The van der Waals surface area contributed by atoms with Crippen molar-refractivity contribution in [2.45, 2.75) is 19.8 Å². The number of anilines is 1. The molecule has 1 saturated heterocycles. The average molecular weight is 322 g/mol. The van der Waals surface area contributed by atoms with Gasteiger partial charge in [0.05, 0.1) is 0 Å². The first kappa shape index (κ1) is 16.2. The van der Waals surface area contributed by atoms with Crippen molar-refractivity contribution >= 4 is 17.5 Å². The summed E-state index contributed by atoms with van der Waals surface area (Å²) in [7, 11) is 0. The average Bonchev–Trinajstić information content (AvgIpc) is 2.62. The Morgan fingerprint density at radius 3 is 2.54 bits per heavy atom. The standard InChI is InChI=1S/C20H22N2O2/c1-15-7-6-12-22(14-15)20(24)17-10-5-11-18(13-17)21-19(23)16-8-3-2-4-9-16/h2-5,8-11,13,15H,6-7,12,14H2,1H3,(H,21,23)/t15-/m0/s1. The number of carbonyl (C=O) groups is 2. The van der Waals surface area contributed by atoms with Gasteiger partial charge >= 0.3 is 0 Å². The summed E-state index contributed by atoms with van der Waals surface area (Å²) >= 11 is 0. The van der Waals surface area contributed by atoms with E-state index in [4.69, 9.17) is 0 Å². The van der Waals surface area contributed by atoms with E-state index in [-0.39, 0.29) is 11.8 Å². The smallest absolute Gasteiger partial charge is 0.255 e. The molecule has 124 valence electrons. The van der Waals surface area contributed by atoms with Crippen LogP contribution in [0, 0.1) is 5.92 Å². The minimum Gasteiger partial charge on any atom is -0.338 e. The molecule has 2 amide bonds. The largest absolute Gasteiger partial charge is 0.338 e. The molecule has 0 radical (unpaired) electrons. The summed E-state index contributed by atoms with van der Waals surface area (Å²) in [5.41, 5.74) is 1.86. The Morgan fingerprint density at radius 2 is 1.79 bits per heavy atom. The van der Waals surface area contributed by atoms with Crippen LogP contribution in [-0.2, 0) is 0 Å². The third-order valence-corrected chi connectivity index (χ3v) is 4.35. The summed E-state index contributed by atoms with van der Waals surface area (Å²) in [4.78, 5) is 26.8. The van der Waals surface area contributed by atoms with E-state index in [1.54, 1.807) is 36.4 Å². The van der Waals surface area contributed by atoms with Crippen LogP contribution < -0.4 is 5.32 Å². The van der Waals surface area contributed by atoms with E-state index in [9.17, 15) is 9.59 Å². The molecule has 4 nitrogen and oxygen atoms in total. The highest BCUT2D eigenvalue weighted by Crippen LogP contribution is 2.19. The van der Waals surface area contributed by atoms with Gasteiger partial charge in [0, 0.05) is 29.9 Å². The molecule has 1 fully saturated rings. The van der Waals surface area contributed by atoms with Crippen molar-refractivity contribution in [3.8, 4) is 0 Å². The van der Waals surface area contributed by atoms with Crippen LogP contribution in [0.3, 0.4) is 0 Å². The summed E-state index contributed by atoms with van der Waals surface area (Å²) < 4.78 is 0. The fraction of sp³-hybridized carbons (Fsp3) is 0.300. The van der Waals surface area contributed by atoms with Gasteiger partial charge < -0.3 is 10.2 Å². The Bertz CT molecular complexity index is 727. The first-order chi connectivity index (χ1) is 11.6. The molecule has 3 rings (SSSR count). The Balaban J connectivity index is 1.72. The zero-order valence-electron chi connectivity index (χ0n) is 13.9. The molecule has 1 aliphatic rings. The second-order valence-electron chi connectivity index (χ2n) is 6.40. The van der Waals surface area contributed by atoms with Crippen molar-refractivity contribution in [3.63, 3.8) is 0 Å². The van der Waals surface area contributed by atoms with Crippen molar-refractivity contribution in [1.29, 1.82) is 0 Å². The number of benzene rings is 2. The molecule has 1 N–H and O–H groups in total. The molecular weight excluding hydrogens is 300 g/mol. The van der Waals surface area contributed by atoms with Crippen LogP contribution in [0.5, 0.6) is 0 Å². The molecule has 2 aromatic carbocycles. The number of likely N-dealkylation sites (tertiary alicyclic amines) is 1. The molecule has 0 aliphatic carbocycles. The van der Waals surface area contributed by atoms with Crippen LogP contribution in [0.15, 0.2) is 54.6 Å². The van der Waals surface area contributed by atoms with Crippen LogP contribution in [0.2, 0.25) is 0 Å². The summed E-state index contributed by atoms with van der Waals surface area (Å²) in [6.07, 6.45) is 2.23. The van der Waals surface area contributed by atoms with Gasteiger partial charge in [-0.2, -0.15) is 0 Å². The Morgan fingerprint density at radius 1 is 1.04 bits per heavy atom. The maximum Gasteiger partial charge on any atom is 0.255 e. The van der Waals surface area contributed by atoms with Gasteiger partial charge in [-0.1, -0.05) is 31.2 Å². The molecule has 24 heavy (non-hydrogen) atoms. The fourth-order valence-electron chi connectivity index (χ4n) is 3.08. The molecule has 2 aromatic rings. The van der Waals surface area contributed by atoms with Gasteiger partial charge in [0.15, 0.2) is 0 Å². The summed E-state index contributed by atoms with van der Waals surface area (Å²) in [5, 5.41) is 2.86. The molecule has 0 unspecified atom stereocenters. The van der Waals surface area contributed by atoms with Crippen LogP contribution in [0.25, 0.3) is 0 Å². The topological polar surface area (TPSA) is 49.4 Å². The number of hydrogen-bond donors (Lipinski definition) is 1. The summed E-state index contributed by atoms with van der Waals surface area (Å²) in [5.74, 6) is 0.410. The first-order valence-corrected chi connectivity index (χ1v) is 8.39. The number of piperidine rings is 1. The van der Waals surface area contributed by atoms with E-state index >= 15 is 0 Å². The highest BCUT2D eigenvalue weighted by molar-refractivity contribution is 6.05. The number of nitrogens with one attached hydrogen (secondary N) is 1. The van der Waals surface area contributed by atoms with Crippen LogP contribution in [0.1, 0.15) is 40.5 Å². The Labute approximate surface area is 142 Å². The number of rotatable bonds is 3. The highest BCUT2D eigenvalue weighted by atomic mass is 16.2. The lowest BCUT2D eigenvalue weighted by molar-refractivity contribution is 0.0683. The lowest BCUT2D eigenvalue weighted by atomic mass is 9.99. The van der Waals surface area contributed by atoms with Crippen molar-refractivity contribution in [3.05, 3.63) is 65.7 Å². The van der Waals surface area contributed by atoms with Gasteiger partial charge in [-0.25, -0.2) is 0 Å². The molecule has 1 atom stereocenters.